The van der Waals surface area contributed by atoms with Crippen molar-refractivity contribution in [1.82, 2.24) is 0 Å². The summed E-state index contributed by atoms with van der Waals surface area (Å²) in [6.07, 6.45) is 6.73. The summed E-state index contributed by atoms with van der Waals surface area (Å²) < 4.78 is 0. The number of benzene rings is 2. The fraction of sp³-hybridized carbons (Fsp3) is 0.364. The van der Waals surface area contributed by atoms with E-state index in [2.05, 4.69) is 13.8 Å². The zero-order valence-corrected chi connectivity index (χ0v) is 18.6. The number of carbonyl (C=O) groups is 2. The first kappa shape index (κ1) is 35.2. The maximum atomic E-state index is 10.5. The van der Waals surface area contributed by atoms with Crippen LogP contribution in [0.3, 0.4) is 0 Å². The molecule has 0 aliphatic rings. The average Bonchev–Trinajstić information content (AvgIpc) is 2.66. The van der Waals surface area contributed by atoms with Gasteiger partial charge in [-0.15, -0.1) is 0 Å². The second-order valence-electron chi connectivity index (χ2n) is 6.21. The largest absolute Gasteiger partial charge is 3.00 e. The number of carboxylic acids is 2. The Balaban J connectivity index is -0.000000199. The van der Waals surface area contributed by atoms with Gasteiger partial charge in [0.1, 0.15) is 0 Å². The van der Waals surface area contributed by atoms with Crippen molar-refractivity contribution in [1.29, 1.82) is 0 Å². The minimum absolute atomic E-state index is 0. The van der Waals surface area contributed by atoms with E-state index in [1.165, 1.54) is 24.0 Å². The van der Waals surface area contributed by atoms with Crippen LogP contribution < -0.4 is 0 Å². The molecule has 0 atom stereocenters. The topological polar surface area (TPSA) is 165 Å². The van der Waals surface area contributed by atoms with E-state index in [4.69, 9.17) is 10.2 Å². The van der Waals surface area contributed by atoms with Crippen LogP contribution in [-0.2, 0) is 12.8 Å². The summed E-state index contributed by atoms with van der Waals surface area (Å²) in [6, 6.07) is 14.2. The van der Waals surface area contributed by atoms with Gasteiger partial charge >= 0.3 is 29.3 Å². The Morgan fingerprint density at radius 3 is 1.10 bits per heavy atom. The Kier molecular flexibility index (Phi) is 23.6. The second-order valence-corrected chi connectivity index (χ2v) is 6.21. The van der Waals surface area contributed by atoms with Crippen LogP contribution in [0.25, 0.3) is 0 Å². The van der Waals surface area contributed by atoms with E-state index in [0.29, 0.717) is 11.1 Å². The van der Waals surface area contributed by atoms with E-state index in [1.807, 2.05) is 24.3 Å². The Bertz CT molecular complexity index is 624. The van der Waals surface area contributed by atoms with E-state index in [9.17, 15) is 9.59 Å². The molecule has 30 heavy (non-hydrogen) atoms. The van der Waals surface area contributed by atoms with Gasteiger partial charge in [-0.1, -0.05) is 51.0 Å². The molecule has 8 heteroatoms. The molecule has 0 saturated carbocycles. The Morgan fingerprint density at radius 2 is 0.900 bits per heavy atom. The normalized spacial score (nSPS) is 8.60. The summed E-state index contributed by atoms with van der Waals surface area (Å²) >= 11 is 0. The Hall–Kier alpha value is -2.21. The zero-order valence-electron chi connectivity index (χ0n) is 17.5. The van der Waals surface area contributed by atoms with Crippen molar-refractivity contribution in [2.45, 2.75) is 52.4 Å². The van der Waals surface area contributed by atoms with Crippen LogP contribution in [0, 0.1) is 0 Å². The first-order chi connectivity index (χ1) is 12.5. The van der Waals surface area contributed by atoms with E-state index in [0.717, 1.165) is 25.7 Å². The second kappa shape index (κ2) is 20.1. The SMILES string of the molecule is CCCCc1ccc(C(=O)O)cc1.CCCCc1ccc(C(=O)O)cc1.[Al+3].[OH-].[OH-].[OH-]. The molecule has 0 aliphatic carbocycles. The van der Waals surface area contributed by atoms with Crippen molar-refractivity contribution in [2.75, 3.05) is 0 Å². The maximum Gasteiger partial charge on any atom is 3.00 e. The number of rotatable bonds is 8. The molecular weight excluding hydrogens is 403 g/mol. The number of hydrogen-bond acceptors (Lipinski definition) is 5. The molecular formula is C22H31AlO7. The maximum absolute atomic E-state index is 10.5. The van der Waals surface area contributed by atoms with Gasteiger partial charge in [-0.3, -0.25) is 0 Å². The molecule has 5 N–H and O–H groups in total. The molecule has 2 rings (SSSR count). The summed E-state index contributed by atoms with van der Waals surface area (Å²) in [6.45, 7) is 4.29. The minimum Gasteiger partial charge on any atom is -0.870 e. The minimum atomic E-state index is -0.859. The first-order valence-electron chi connectivity index (χ1n) is 9.12. The number of aryl methyl sites for hydroxylation is 2. The molecule has 0 fully saturated rings. The molecule has 0 bridgehead atoms. The van der Waals surface area contributed by atoms with Gasteiger partial charge in [-0.25, -0.2) is 9.59 Å². The van der Waals surface area contributed by atoms with Crippen molar-refractivity contribution in [3.8, 4) is 0 Å². The summed E-state index contributed by atoms with van der Waals surface area (Å²) in [7, 11) is 0. The van der Waals surface area contributed by atoms with E-state index in [-0.39, 0.29) is 33.8 Å². The molecule has 0 amide bonds. The molecule has 7 nitrogen and oxygen atoms in total. The number of hydrogen-bond donors (Lipinski definition) is 2. The third-order valence-electron chi connectivity index (χ3n) is 4.04. The third kappa shape index (κ3) is 13.9. The number of carboxylic acid groups (broad SMARTS) is 2. The van der Waals surface area contributed by atoms with E-state index < -0.39 is 11.9 Å². The molecule has 0 radical (unpaired) electrons. The third-order valence-corrected chi connectivity index (χ3v) is 4.04. The summed E-state index contributed by atoms with van der Waals surface area (Å²) in [4.78, 5) is 21.1. The quantitative estimate of drug-likeness (QED) is 0.575. The summed E-state index contributed by atoms with van der Waals surface area (Å²) in [5.41, 5.74) is 3.15. The number of unbranched alkanes of at least 4 members (excludes halogenated alkanes) is 2. The van der Waals surface area contributed by atoms with Crippen molar-refractivity contribution >= 4 is 29.3 Å². The Labute approximate surface area is 188 Å². The van der Waals surface area contributed by atoms with Crippen LogP contribution in [-0.4, -0.2) is 55.9 Å². The molecule has 0 saturated heterocycles. The molecule has 164 valence electrons. The number of aromatic carboxylic acids is 2. The van der Waals surface area contributed by atoms with Gasteiger partial charge in [0.25, 0.3) is 0 Å². The predicted molar refractivity (Wildman–Crippen MR) is 116 cm³/mol. The van der Waals surface area contributed by atoms with Crippen molar-refractivity contribution in [2.24, 2.45) is 0 Å². The van der Waals surface area contributed by atoms with Crippen LogP contribution in [0.15, 0.2) is 48.5 Å². The molecule has 2 aromatic carbocycles. The molecule has 0 spiro atoms. The van der Waals surface area contributed by atoms with Crippen LogP contribution in [0.4, 0.5) is 0 Å². The fourth-order valence-electron chi connectivity index (χ4n) is 2.39. The van der Waals surface area contributed by atoms with Gasteiger partial charge < -0.3 is 26.6 Å². The van der Waals surface area contributed by atoms with Gasteiger partial charge in [0, 0.05) is 0 Å². The monoisotopic (exact) mass is 434 g/mol. The van der Waals surface area contributed by atoms with Gasteiger partial charge in [-0.05, 0) is 61.1 Å². The van der Waals surface area contributed by atoms with Gasteiger partial charge in [-0.2, -0.15) is 0 Å². The smallest absolute Gasteiger partial charge is 0.870 e. The standard InChI is InChI=1S/2C11H14O2.Al.3H2O/c2*1-2-3-4-9-5-7-10(8-6-9)11(12)13;;;;/h2*5-8H,2-4H2,1H3,(H,12,13);;3*1H2/q;;+3;;;/p-3. The van der Waals surface area contributed by atoms with Gasteiger partial charge in [0.2, 0.25) is 0 Å². The van der Waals surface area contributed by atoms with Crippen LogP contribution in [0.5, 0.6) is 0 Å². The zero-order chi connectivity index (χ0) is 19.4. The van der Waals surface area contributed by atoms with E-state index in [1.54, 1.807) is 24.3 Å². The van der Waals surface area contributed by atoms with Crippen molar-refractivity contribution < 1.29 is 36.2 Å². The van der Waals surface area contributed by atoms with Gasteiger partial charge in [0.05, 0.1) is 11.1 Å². The average molecular weight is 434 g/mol. The predicted octanol–water partition coefficient (Wildman–Crippen LogP) is 4.54. The van der Waals surface area contributed by atoms with Crippen molar-refractivity contribution in [3.63, 3.8) is 0 Å². The molecule has 0 aromatic heterocycles. The van der Waals surface area contributed by atoms with Gasteiger partial charge in [0.15, 0.2) is 0 Å². The van der Waals surface area contributed by atoms with E-state index >= 15 is 0 Å². The molecule has 0 aliphatic heterocycles. The fourth-order valence-corrected chi connectivity index (χ4v) is 2.39. The van der Waals surface area contributed by atoms with Crippen LogP contribution in [0.1, 0.15) is 71.4 Å². The molecule has 2 aromatic rings. The van der Waals surface area contributed by atoms with Crippen LogP contribution >= 0.6 is 0 Å². The van der Waals surface area contributed by atoms with Crippen molar-refractivity contribution in [3.05, 3.63) is 70.8 Å². The first-order valence-corrected chi connectivity index (χ1v) is 9.12. The summed E-state index contributed by atoms with van der Waals surface area (Å²) in [5, 5.41) is 17.3. The Morgan fingerprint density at radius 1 is 0.633 bits per heavy atom. The molecule has 0 unspecified atom stereocenters. The summed E-state index contributed by atoms with van der Waals surface area (Å²) in [5.74, 6) is -1.72. The molecule has 0 heterocycles. The van der Waals surface area contributed by atoms with Crippen LogP contribution in [0.2, 0.25) is 0 Å².